The molecule has 1 aliphatic heterocycles. The molecule has 0 saturated heterocycles. The van der Waals surface area contributed by atoms with Crippen molar-refractivity contribution < 1.29 is 9.47 Å². The minimum atomic E-state index is 0.550. The first-order valence-corrected chi connectivity index (χ1v) is 4.68. The van der Waals surface area contributed by atoms with E-state index in [-0.39, 0.29) is 0 Å². The van der Waals surface area contributed by atoms with Crippen molar-refractivity contribution in [1.82, 2.24) is 0 Å². The molecule has 0 atom stereocenters. The van der Waals surface area contributed by atoms with Crippen molar-refractivity contribution in [2.45, 2.75) is 6.92 Å². The number of rotatable bonds is 2. The molecule has 1 aromatic carbocycles. The number of fused-ring (bicyclic) bond motifs is 1. The third kappa shape index (κ3) is 1.79. The first kappa shape index (κ1) is 8.88. The van der Waals surface area contributed by atoms with Gasteiger partial charge in [-0.2, -0.15) is 0 Å². The summed E-state index contributed by atoms with van der Waals surface area (Å²) in [7, 11) is 0. The third-order valence-electron chi connectivity index (χ3n) is 1.92. The molecule has 1 aromatic rings. The van der Waals surface area contributed by atoms with Gasteiger partial charge in [0.15, 0.2) is 0 Å². The lowest BCUT2D eigenvalue weighted by Gasteiger charge is -2.09. The molecule has 0 unspecified atom stereocenters. The summed E-state index contributed by atoms with van der Waals surface area (Å²) in [4.78, 5) is 0. The summed E-state index contributed by atoms with van der Waals surface area (Å²) < 4.78 is 10.9. The maximum Gasteiger partial charge on any atom is 0.284 e. The molecule has 0 aromatic heterocycles. The smallest absolute Gasteiger partial charge is 0.284 e. The van der Waals surface area contributed by atoms with Crippen molar-refractivity contribution in [3.05, 3.63) is 47.9 Å². The molecule has 1 aliphatic rings. The Kier molecular flexibility index (Phi) is 2.54. The zero-order valence-electron chi connectivity index (χ0n) is 8.07. The standard InChI is InChI=1S/C12H12O2/c1-2-13-12-9-5-7-10-6-3-4-8-11(10)14-12/h3-9H,2H2,1H3. The van der Waals surface area contributed by atoms with Gasteiger partial charge in [0, 0.05) is 11.6 Å². The molecule has 0 radical (unpaired) electrons. The van der Waals surface area contributed by atoms with E-state index in [1.165, 1.54) is 0 Å². The largest absolute Gasteiger partial charge is 0.465 e. The van der Waals surface area contributed by atoms with Gasteiger partial charge < -0.3 is 9.47 Å². The van der Waals surface area contributed by atoms with Gasteiger partial charge in [0.1, 0.15) is 5.75 Å². The summed E-state index contributed by atoms with van der Waals surface area (Å²) in [5.41, 5.74) is 1.07. The summed E-state index contributed by atoms with van der Waals surface area (Å²) in [6.45, 7) is 2.55. The predicted octanol–water partition coefficient (Wildman–Crippen LogP) is 2.97. The average molecular weight is 188 g/mol. The van der Waals surface area contributed by atoms with Gasteiger partial charge in [-0.3, -0.25) is 0 Å². The molecule has 1 heterocycles. The van der Waals surface area contributed by atoms with Crippen molar-refractivity contribution in [2.75, 3.05) is 6.61 Å². The molecule has 0 amide bonds. The zero-order chi connectivity index (χ0) is 9.80. The number of hydrogen-bond acceptors (Lipinski definition) is 2. The third-order valence-corrected chi connectivity index (χ3v) is 1.92. The maximum absolute atomic E-state index is 5.57. The molecular formula is C12H12O2. The topological polar surface area (TPSA) is 18.5 Å². The maximum atomic E-state index is 5.57. The monoisotopic (exact) mass is 188 g/mol. The highest BCUT2D eigenvalue weighted by Crippen LogP contribution is 2.24. The fourth-order valence-electron chi connectivity index (χ4n) is 1.30. The lowest BCUT2D eigenvalue weighted by Crippen LogP contribution is -2.00. The summed E-state index contributed by atoms with van der Waals surface area (Å²) in [5, 5.41) is 0. The highest BCUT2D eigenvalue weighted by Gasteiger charge is 2.06. The van der Waals surface area contributed by atoms with E-state index in [4.69, 9.17) is 9.47 Å². The van der Waals surface area contributed by atoms with Crippen molar-refractivity contribution in [2.24, 2.45) is 0 Å². The van der Waals surface area contributed by atoms with Gasteiger partial charge in [-0.25, -0.2) is 0 Å². The Balaban J connectivity index is 2.28. The Morgan fingerprint density at radius 3 is 3.00 bits per heavy atom. The van der Waals surface area contributed by atoms with Crippen LogP contribution in [-0.4, -0.2) is 6.61 Å². The summed E-state index contributed by atoms with van der Waals surface area (Å²) >= 11 is 0. The SMILES string of the molecule is CCOC1=CC=Cc2ccccc2O1. The van der Waals surface area contributed by atoms with Crippen LogP contribution in [-0.2, 0) is 4.74 Å². The number of hydrogen-bond donors (Lipinski definition) is 0. The Morgan fingerprint density at radius 2 is 2.14 bits per heavy atom. The number of benzene rings is 1. The Labute approximate surface area is 83.5 Å². The van der Waals surface area contributed by atoms with Crippen LogP contribution in [0.2, 0.25) is 0 Å². The van der Waals surface area contributed by atoms with Crippen LogP contribution >= 0.6 is 0 Å². The van der Waals surface area contributed by atoms with E-state index in [0.29, 0.717) is 12.6 Å². The molecule has 0 spiro atoms. The van der Waals surface area contributed by atoms with E-state index < -0.39 is 0 Å². The summed E-state index contributed by atoms with van der Waals surface area (Å²) in [6, 6.07) is 7.87. The normalized spacial score (nSPS) is 13.6. The Morgan fingerprint density at radius 1 is 1.29 bits per heavy atom. The van der Waals surface area contributed by atoms with Crippen LogP contribution in [0.1, 0.15) is 12.5 Å². The molecule has 0 N–H and O–H groups in total. The van der Waals surface area contributed by atoms with Crippen LogP contribution < -0.4 is 4.74 Å². The van der Waals surface area contributed by atoms with E-state index in [1.807, 2.05) is 49.4 Å². The number of allylic oxidation sites excluding steroid dienone is 2. The fraction of sp³-hybridized carbons (Fsp3) is 0.167. The summed E-state index contributed by atoms with van der Waals surface area (Å²) in [6.07, 6.45) is 5.75. The first-order chi connectivity index (χ1) is 6.90. The molecule has 2 rings (SSSR count). The zero-order valence-corrected chi connectivity index (χ0v) is 8.07. The fourth-order valence-corrected chi connectivity index (χ4v) is 1.30. The van der Waals surface area contributed by atoms with E-state index in [0.717, 1.165) is 11.3 Å². The second-order valence-electron chi connectivity index (χ2n) is 2.92. The van der Waals surface area contributed by atoms with Gasteiger partial charge in [0.05, 0.1) is 6.61 Å². The Bertz CT molecular complexity index is 378. The van der Waals surface area contributed by atoms with Gasteiger partial charge in [-0.05, 0) is 13.0 Å². The minimum Gasteiger partial charge on any atom is -0.465 e. The highest BCUT2D eigenvalue weighted by atomic mass is 16.7. The molecule has 2 heteroatoms. The summed E-state index contributed by atoms with van der Waals surface area (Å²) in [5.74, 6) is 1.38. The molecule has 0 aliphatic carbocycles. The van der Waals surface area contributed by atoms with Gasteiger partial charge in [0.25, 0.3) is 5.95 Å². The second kappa shape index (κ2) is 4.01. The molecule has 2 nitrogen and oxygen atoms in total. The molecule has 0 fully saturated rings. The van der Waals surface area contributed by atoms with Crippen LogP contribution in [0.15, 0.2) is 42.4 Å². The number of para-hydroxylation sites is 1. The van der Waals surface area contributed by atoms with E-state index in [2.05, 4.69) is 0 Å². The van der Waals surface area contributed by atoms with E-state index in [9.17, 15) is 0 Å². The molecular weight excluding hydrogens is 176 g/mol. The lowest BCUT2D eigenvalue weighted by atomic mass is 10.2. The minimum absolute atomic E-state index is 0.550. The second-order valence-corrected chi connectivity index (χ2v) is 2.92. The van der Waals surface area contributed by atoms with Crippen molar-refractivity contribution in [3.63, 3.8) is 0 Å². The van der Waals surface area contributed by atoms with Gasteiger partial charge in [-0.15, -0.1) is 0 Å². The number of ether oxygens (including phenoxy) is 2. The first-order valence-electron chi connectivity index (χ1n) is 4.68. The molecule has 0 bridgehead atoms. The molecule has 14 heavy (non-hydrogen) atoms. The quantitative estimate of drug-likeness (QED) is 0.710. The van der Waals surface area contributed by atoms with Crippen molar-refractivity contribution >= 4 is 6.08 Å². The average Bonchev–Trinajstić information content (AvgIpc) is 2.40. The van der Waals surface area contributed by atoms with Crippen molar-refractivity contribution in [1.29, 1.82) is 0 Å². The van der Waals surface area contributed by atoms with Crippen LogP contribution in [0.5, 0.6) is 5.75 Å². The van der Waals surface area contributed by atoms with E-state index in [1.54, 1.807) is 0 Å². The highest BCUT2D eigenvalue weighted by molar-refractivity contribution is 5.59. The van der Waals surface area contributed by atoms with Crippen LogP contribution in [0.25, 0.3) is 6.08 Å². The van der Waals surface area contributed by atoms with Crippen molar-refractivity contribution in [3.8, 4) is 5.75 Å². The molecule has 72 valence electrons. The van der Waals surface area contributed by atoms with Gasteiger partial charge in [0.2, 0.25) is 0 Å². The van der Waals surface area contributed by atoms with Crippen LogP contribution in [0.4, 0.5) is 0 Å². The van der Waals surface area contributed by atoms with E-state index >= 15 is 0 Å². The molecule has 0 saturated carbocycles. The van der Waals surface area contributed by atoms with Gasteiger partial charge in [-0.1, -0.05) is 30.4 Å². The van der Waals surface area contributed by atoms with Crippen LogP contribution in [0.3, 0.4) is 0 Å². The predicted molar refractivity (Wildman–Crippen MR) is 55.8 cm³/mol. The van der Waals surface area contributed by atoms with Crippen LogP contribution in [0, 0.1) is 0 Å². The van der Waals surface area contributed by atoms with Gasteiger partial charge >= 0.3 is 0 Å². The lowest BCUT2D eigenvalue weighted by molar-refractivity contribution is 0.116. The Hall–Kier alpha value is -1.70.